The molecule has 0 N–H and O–H groups in total. The smallest absolute Gasteiger partial charge is 0.293 e. The van der Waals surface area contributed by atoms with Crippen LogP contribution in [-0.2, 0) is 4.79 Å². The maximum Gasteiger partial charge on any atom is 0.293 e. The van der Waals surface area contributed by atoms with Gasteiger partial charge in [-0.05, 0) is 46.7 Å². The molecule has 0 saturated carbocycles. The third kappa shape index (κ3) is 4.75. The van der Waals surface area contributed by atoms with E-state index in [0.29, 0.717) is 16.2 Å². The topological polar surface area (TPSA) is 63.7 Å². The number of ketones is 1. The predicted octanol–water partition coefficient (Wildman–Crippen LogP) is 5.28. The highest BCUT2D eigenvalue weighted by Gasteiger charge is 2.31. The molecule has 0 spiro atoms. The van der Waals surface area contributed by atoms with Crippen LogP contribution in [0.5, 0.6) is 5.75 Å². The second-order valence-corrected chi connectivity index (χ2v) is 7.96. The molecule has 154 valence electrons. The van der Waals surface area contributed by atoms with E-state index < -0.39 is 0 Å². The predicted molar refractivity (Wildman–Crippen MR) is 122 cm³/mol. The number of amides is 2. The van der Waals surface area contributed by atoms with Crippen LogP contribution in [0, 0.1) is 0 Å². The van der Waals surface area contributed by atoms with E-state index in [1.165, 1.54) is 7.05 Å². The maximum atomic E-state index is 12.4. The van der Waals surface area contributed by atoms with Crippen LogP contribution in [0.1, 0.15) is 15.9 Å². The lowest BCUT2D eigenvalue weighted by Crippen LogP contribution is -2.22. The summed E-state index contributed by atoms with van der Waals surface area (Å²) in [7, 11) is 1.46. The highest BCUT2D eigenvalue weighted by atomic mass is 32.2. The highest BCUT2D eigenvalue weighted by Crippen LogP contribution is 2.31. The molecule has 5 nitrogen and oxygen atoms in total. The third-order valence-corrected chi connectivity index (χ3v) is 5.81. The number of hydrogen-bond donors (Lipinski definition) is 0. The molecule has 0 aromatic heterocycles. The van der Waals surface area contributed by atoms with Crippen LogP contribution in [0.15, 0.2) is 83.8 Å². The van der Waals surface area contributed by atoms with Gasteiger partial charge in [0.1, 0.15) is 5.75 Å². The van der Waals surface area contributed by atoms with Gasteiger partial charge in [-0.25, -0.2) is 0 Å². The Bertz CT molecular complexity index is 1150. The van der Waals surface area contributed by atoms with Gasteiger partial charge < -0.3 is 4.74 Å². The Morgan fingerprint density at radius 3 is 2.16 bits per heavy atom. The van der Waals surface area contributed by atoms with Crippen LogP contribution in [0.4, 0.5) is 4.79 Å². The molecule has 0 unspecified atom stereocenters. The summed E-state index contributed by atoms with van der Waals surface area (Å²) in [4.78, 5) is 37.4. The first-order valence-electron chi connectivity index (χ1n) is 9.64. The first-order valence-corrected chi connectivity index (χ1v) is 10.5. The Morgan fingerprint density at radius 1 is 0.903 bits per heavy atom. The molecular weight excluding hydrogens is 410 g/mol. The van der Waals surface area contributed by atoms with E-state index in [4.69, 9.17) is 4.74 Å². The van der Waals surface area contributed by atoms with Gasteiger partial charge >= 0.3 is 0 Å². The molecule has 1 aliphatic heterocycles. The van der Waals surface area contributed by atoms with E-state index in [2.05, 4.69) is 0 Å². The van der Waals surface area contributed by atoms with Crippen molar-refractivity contribution in [2.45, 2.75) is 0 Å². The van der Waals surface area contributed by atoms with Crippen molar-refractivity contribution in [1.82, 2.24) is 4.90 Å². The Balaban J connectivity index is 1.35. The normalized spacial score (nSPS) is 14.9. The molecule has 0 atom stereocenters. The Hall–Kier alpha value is -3.64. The third-order valence-electron chi connectivity index (χ3n) is 4.85. The molecular formula is C25H19NO4S. The molecule has 0 aliphatic carbocycles. The van der Waals surface area contributed by atoms with Crippen molar-refractivity contribution in [2.75, 3.05) is 13.7 Å². The lowest BCUT2D eigenvalue weighted by Gasteiger charge is -2.07. The van der Waals surface area contributed by atoms with Gasteiger partial charge in [0.15, 0.2) is 12.4 Å². The van der Waals surface area contributed by atoms with Crippen LogP contribution in [0.2, 0.25) is 0 Å². The van der Waals surface area contributed by atoms with Gasteiger partial charge in [-0.1, -0.05) is 66.7 Å². The van der Waals surface area contributed by atoms with Crippen LogP contribution in [0.3, 0.4) is 0 Å². The standard InChI is InChI=1S/C25H19NO4S/c1-26-24(28)23(31-25(26)29)15-17-7-13-21(14-8-17)30-16-22(27)20-11-9-19(10-12-20)18-5-3-2-4-6-18/h2-15H,16H2,1H3. The molecule has 3 aromatic rings. The summed E-state index contributed by atoms with van der Waals surface area (Å²) in [6.07, 6.45) is 1.66. The Morgan fingerprint density at radius 2 is 1.55 bits per heavy atom. The van der Waals surface area contributed by atoms with Crippen molar-refractivity contribution in [1.29, 1.82) is 0 Å². The van der Waals surface area contributed by atoms with Gasteiger partial charge in [0, 0.05) is 12.6 Å². The summed E-state index contributed by atoms with van der Waals surface area (Å²) in [5.41, 5.74) is 3.51. The van der Waals surface area contributed by atoms with Gasteiger partial charge in [0.2, 0.25) is 0 Å². The average Bonchev–Trinajstić information content (AvgIpc) is 3.05. The van der Waals surface area contributed by atoms with Gasteiger partial charge in [0.05, 0.1) is 4.91 Å². The minimum atomic E-state index is -0.306. The number of carbonyl (C=O) groups is 3. The van der Waals surface area contributed by atoms with Gasteiger partial charge in [-0.15, -0.1) is 0 Å². The summed E-state index contributed by atoms with van der Waals surface area (Å²) in [6.45, 7) is -0.0707. The number of carbonyl (C=O) groups excluding carboxylic acids is 3. The van der Waals surface area contributed by atoms with E-state index in [9.17, 15) is 14.4 Å². The number of rotatable bonds is 6. The number of benzene rings is 3. The molecule has 31 heavy (non-hydrogen) atoms. The summed E-state index contributed by atoms with van der Waals surface area (Å²) < 4.78 is 5.61. The van der Waals surface area contributed by atoms with Crippen molar-refractivity contribution in [3.05, 3.63) is 94.9 Å². The second kappa shape index (κ2) is 9.02. The fourth-order valence-electron chi connectivity index (χ4n) is 3.07. The number of imide groups is 1. The lowest BCUT2D eigenvalue weighted by atomic mass is 10.0. The van der Waals surface area contributed by atoms with Gasteiger partial charge in [-0.2, -0.15) is 0 Å². The summed E-state index contributed by atoms with van der Waals surface area (Å²) in [5, 5.41) is -0.286. The fourth-order valence-corrected chi connectivity index (χ4v) is 3.90. The monoisotopic (exact) mass is 429 g/mol. The van der Waals surface area contributed by atoms with Crippen molar-refractivity contribution in [3.8, 4) is 16.9 Å². The second-order valence-electron chi connectivity index (χ2n) is 6.96. The minimum Gasteiger partial charge on any atom is -0.485 e. The molecule has 1 saturated heterocycles. The van der Waals surface area contributed by atoms with Crippen LogP contribution >= 0.6 is 11.8 Å². The quantitative estimate of drug-likeness (QED) is 0.394. The molecule has 0 bridgehead atoms. The van der Waals surface area contributed by atoms with Crippen molar-refractivity contribution in [3.63, 3.8) is 0 Å². The zero-order valence-electron chi connectivity index (χ0n) is 16.8. The number of hydrogen-bond acceptors (Lipinski definition) is 5. The van der Waals surface area contributed by atoms with Crippen molar-refractivity contribution in [2.24, 2.45) is 0 Å². The number of nitrogens with zero attached hydrogens (tertiary/aromatic N) is 1. The molecule has 3 aromatic carbocycles. The number of Topliss-reactive ketones (excluding diaryl/α,β-unsaturated/α-hetero) is 1. The zero-order chi connectivity index (χ0) is 21.8. The zero-order valence-corrected chi connectivity index (χ0v) is 17.6. The summed E-state index contributed by atoms with van der Waals surface area (Å²) in [5.74, 6) is 0.134. The lowest BCUT2D eigenvalue weighted by molar-refractivity contribution is -0.121. The molecule has 0 radical (unpaired) electrons. The molecule has 1 aliphatic rings. The van der Waals surface area contributed by atoms with Crippen LogP contribution < -0.4 is 4.74 Å². The van der Waals surface area contributed by atoms with Crippen LogP contribution in [-0.4, -0.2) is 35.5 Å². The fraction of sp³-hybridized carbons (Fsp3) is 0.0800. The van der Waals surface area contributed by atoms with E-state index in [1.807, 2.05) is 42.5 Å². The molecule has 1 heterocycles. The molecule has 6 heteroatoms. The van der Waals surface area contributed by atoms with E-state index in [0.717, 1.165) is 33.4 Å². The molecule has 4 rings (SSSR count). The first-order chi connectivity index (χ1) is 15.0. The largest absolute Gasteiger partial charge is 0.485 e. The highest BCUT2D eigenvalue weighted by molar-refractivity contribution is 8.18. The Kier molecular flexibility index (Phi) is 6.00. The molecule has 1 fully saturated rings. The SMILES string of the molecule is CN1C(=O)SC(=Cc2ccc(OCC(=O)c3ccc(-c4ccccc4)cc3)cc2)C1=O. The summed E-state index contributed by atoms with van der Waals surface area (Å²) >= 11 is 0.915. The van der Waals surface area contributed by atoms with E-state index in [-0.39, 0.29) is 23.5 Å². The van der Waals surface area contributed by atoms with E-state index >= 15 is 0 Å². The molecule has 2 amide bonds. The average molecular weight is 429 g/mol. The van der Waals surface area contributed by atoms with Crippen molar-refractivity contribution < 1.29 is 19.1 Å². The van der Waals surface area contributed by atoms with E-state index in [1.54, 1.807) is 42.5 Å². The first kappa shape index (κ1) is 20.6. The minimum absolute atomic E-state index is 0.0707. The number of ether oxygens (including phenoxy) is 1. The van der Waals surface area contributed by atoms with Gasteiger partial charge in [-0.3, -0.25) is 19.3 Å². The number of thioether (sulfide) groups is 1. The van der Waals surface area contributed by atoms with Gasteiger partial charge in [0.25, 0.3) is 11.1 Å². The van der Waals surface area contributed by atoms with Crippen LogP contribution in [0.25, 0.3) is 17.2 Å². The Labute approximate surface area is 184 Å². The number of likely N-dealkylation sites (N-methyl/N-ethyl adjacent to an activating group) is 1. The maximum absolute atomic E-state index is 12.4. The summed E-state index contributed by atoms with van der Waals surface area (Å²) in [6, 6.07) is 24.4. The van der Waals surface area contributed by atoms with Crippen molar-refractivity contribution >= 4 is 34.8 Å².